The van der Waals surface area contributed by atoms with E-state index in [2.05, 4.69) is 31.7 Å². The van der Waals surface area contributed by atoms with Crippen molar-refractivity contribution >= 4 is 40.7 Å². The van der Waals surface area contributed by atoms with E-state index in [1.165, 1.54) is 6.20 Å². The molecule has 0 bridgehead atoms. The van der Waals surface area contributed by atoms with Crippen LogP contribution in [0.5, 0.6) is 0 Å². The van der Waals surface area contributed by atoms with Gasteiger partial charge in [0.25, 0.3) is 11.8 Å². The van der Waals surface area contributed by atoms with Gasteiger partial charge >= 0.3 is 0 Å². The van der Waals surface area contributed by atoms with Crippen LogP contribution in [0.15, 0.2) is 24.4 Å². The highest BCUT2D eigenvalue weighted by molar-refractivity contribution is 6.40. The zero-order valence-electron chi connectivity index (χ0n) is 15.0. The maximum absolute atomic E-state index is 12.6. The molecule has 9 heteroatoms. The third-order valence-corrected chi connectivity index (χ3v) is 5.17. The number of nitrogens with zero attached hydrogens (tertiary/aromatic N) is 2. The van der Waals surface area contributed by atoms with Gasteiger partial charge in [0.15, 0.2) is 0 Å². The molecule has 1 fully saturated rings. The van der Waals surface area contributed by atoms with Gasteiger partial charge in [0.1, 0.15) is 5.69 Å². The molecule has 0 atom stereocenters. The van der Waals surface area contributed by atoms with Crippen LogP contribution >= 0.6 is 23.2 Å². The second-order valence-corrected chi connectivity index (χ2v) is 7.25. The number of carbonyl (C=O) groups is 2. The fraction of sp³-hybridized carbons (Fsp3) is 0.316. The summed E-state index contributed by atoms with van der Waals surface area (Å²) in [5.41, 5.74) is 0.560. The van der Waals surface area contributed by atoms with Crippen molar-refractivity contribution in [3.63, 3.8) is 0 Å². The van der Waals surface area contributed by atoms with Gasteiger partial charge < -0.3 is 10.6 Å². The molecule has 1 aliphatic rings. The number of halogens is 2. The molecule has 2 heterocycles. The third-order valence-electron chi connectivity index (χ3n) is 4.54. The molecule has 3 N–H and O–H groups in total. The van der Waals surface area contributed by atoms with Gasteiger partial charge in [-0.3, -0.25) is 19.6 Å². The Kier molecular flexibility index (Phi) is 6.57. The first kappa shape index (κ1) is 20.2. The topological polar surface area (TPSA) is 90.1 Å². The van der Waals surface area contributed by atoms with E-state index in [0.717, 1.165) is 25.9 Å². The quantitative estimate of drug-likeness (QED) is 0.649. The molecule has 0 aliphatic carbocycles. The fourth-order valence-corrected chi connectivity index (χ4v) is 3.64. The normalized spacial score (nSPS) is 15.0. The molecule has 1 aliphatic heterocycles. The first-order valence-corrected chi connectivity index (χ1v) is 9.50. The Hall–Kier alpha value is -2.53. The van der Waals surface area contributed by atoms with Gasteiger partial charge in [0, 0.05) is 19.1 Å². The molecule has 2 amide bonds. The van der Waals surface area contributed by atoms with E-state index in [-0.39, 0.29) is 38.9 Å². The van der Waals surface area contributed by atoms with Crippen LogP contribution in [-0.2, 0) is 0 Å². The summed E-state index contributed by atoms with van der Waals surface area (Å²) in [5, 5.41) is 12.5. The molecule has 1 aromatic heterocycles. The third kappa shape index (κ3) is 4.65. The standard InChI is InChI=1S/C19H19Cl2N5O2/c1-2-8-26-9-6-12(7-10-26)23-19(28)17-15(11-22-25-17)24-18(27)16-13(20)4-3-5-14(16)21/h1,3-5,11-12H,6-10H2,(H,22,25)(H,23,28)(H,24,27). The van der Waals surface area contributed by atoms with E-state index in [4.69, 9.17) is 29.6 Å². The zero-order chi connectivity index (χ0) is 20.1. The van der Waals surface area contributed by atoms with Gasteiger partial charge in [-0.05, 0) is 25.0 Å². The monoisotopic (exact) mass is 419 g/mol. The largest absolute Gasteiger partial charge is 0.348 e. The number of likely N-dealkylation sites (tertiary alicyclic amines) is 1. The Balaban J connectivity index is 1.64. The molecule has 0 unspecified atom stereocenters. The second kappa shape index (κ2) is 9.11. The second-order valence-electron chi connectivity index (χ2n) is 6.44. The number of rotatable bonds is 5. The molecule has 0 saturated carbocycles. The van der Waals surface area contributed by atoms with E-state index in [1.807, 2.05) is 0 Å². The molecule has 0 spiro atoms. The van der Waals surface area contributed by atoms with Crippen molar-refractivity contribution in [2.75, 3.05) is 25.0 Å². The molecule has 3 rings (SSSR count). The summed E-state index contributed by atoms with van der Waals surface area (Å²) in [4.78, 5) is 27.3. The van der Waals surface area contributed by atoms with Crippen molar-refractivity contribution in [2.24, 2.45) is 0 Å². The van der Waals surface area contributed by atoms with Crippen LogP contribution in [0.4, 0.5) is 5.69 Å². The highest BCUT2D eigenvalue weighted by Gasteiger charge is 2.24. The van der Waals surface area contributed by atoms with Gasteiger partial charge in [-0.15, -0.1) is 6.42 Å². The Bertz CT molecular complexity index is 893. The number of aromatic nitrogens is 2. The molecule has 28 heavy (non-hydrogen) atoms. The maximum atomic E-state index is 12.6. The van der Waals surface area contributed by atoms with Gasteiger partial charge in [0.2, 0.25) is 0 Å². The number of anilines is 1. The van der Waals surface area contributed by atoms with Crippen LogP contribution in [-0.4, -0.2) is 52.6 Å². The SMILES string of the molecule is C#CCN1CCC(NC(=O)c2[nH]ncc2NC(=O)c2c(Cl)cccc2Cl)CC1. The number of terminal acetylenes is 1. The highest BCUT2D eigenvalue weighted by Crippen LogP contribution is 2.25. The number of carbonyl (C=O) groups excluding carboxylic acids is 2. The molecular formula is C19H19Cl2N5O2. The van der Waals surface area contributed by atoms with E-state index in [1.54, 1.807) is 18.2 Å². The van der Waals surface area contributed by atoms with Crippen LogP contribution < -0.4 is 10.6 Å². The lowest BCUT2D eigenvalue weighted by Crippen LogP contribution is -2.44. The Morgan fingerprint density at radius 3 is 2.57 bits per heavy atom. The summed E-state index contributed by atoms with van der Waals surface area (Å²) in [6, 6.07) is 4.81. The van der Waals surface area contributed by atoms with Crippen molar-refractivity contribution in [3.05, 3.63) is 45.7 Å². The van der Waals surface area contributed by atoms with Crippen molar-refractivity contribution in [2.45, 2.75) is 18.9 Å². The predicted octanol–water partition coefficient (Wildman–Crippen LogP) is 2.80. The molecule has 0 radical (unpaired) electrons. The fourth-order valence-electron chi connectivity index (χ4n) is 3.08. The minimum Gasteiger partial charge on any atom is -0.348 e. The molecule has 1 aromatic carbocycles. The zero-order valence-corrected chi connectivity index (χ0v) is 16.5. The number of benzene rings is 1. The van der Waals surface area contributed by atoms with Gasteiger partial charge in [-0.25, -0.2) is 0 Å². The lowest BCUT2D eigenvalue weighted by atomic mass is 10.0. The smallest absolute Gasteiger partial charge is 0.271 e. The lowest BCUT2D eigenvalue weighted by molar-refractivity contribution is 0.0910. The molecule has 146 valence electrons. The first-order chi connectivity index (χ1) is 13.5. The summed E-state index contributed by atoms with van der Waals surface area (Å²) in [5.74, 6) is 1.77. The first-order valence-electron chi connectivity index (χ1n) is 8.75. The highest BCUT2D eigenvalue weighted by atomic mass is 35.5. The summed E-state index contributed by atoms with van der Waals surface area (Å²) in [6.45, 7) is 2.27. The van der Waals surface area contributed by atoms with Crippen LogP contribution in [0.2, 0.25) is 10.0 Å². The number of hydrogen-bond donors (Lipinski definition) is 3. The van der Waals surface area contributed by atoms with E-state index in [0.29, 0.717) is 6.54 Å². The number of H-pyrrole nitrogens is 1. The van der Waals surface area contributed by atoms with Crippen LogP contribution in [0.1, 0.15) is 33.7 Å². The number of hydrogen-bond acceptors (Lipinski definition) is 4. The van der Waals surface area contributed by atoms with Gasteiger partial charge in [-0.2, -0.15) is 5.10 Å². The average Bonchev–Trinajstić information content (AvgIpc) is 3.11. The number of nitrogens with one attached hydrogen (secondary N) is 3. The van der Waals surface area contributed by atoms with Gasteiger partial charge in [-0.1, -0.05) is 35.2 Å². The average molecular weight is 420 g/mol. The Labute approximate surface area is 172 Å². The predicted molar refractivity (Wildman–Crippen MR) is 109 cm³/mol. The molecule has 7 nitrogen and oxygen atoms in total. The minimum atomic E-state index is -0.520. The maximum Gasteiger partial charge on any atom is 0.271 e. The van der Waals surface area contributed by atoms with Gasteiger partial charge in [0.05, 0.1) is 34.0 Å². The molecule has 2 aromatic rings. The molecule has 1 saturated heterocycles. The lowest BCUT2D eigenvalue weighted by Gasteiger charge is -2.30. The van der Waals surface area contributed by atoms with Crippen molar-refractivity contribution in [3.8, 4) is 12.3 Å². The van der Waals surface area contributed by atoms with Crippen molar-refractivity contribution in [1.82, 2.24) is 20.4 Å². The summed E-state index contributed by atoms with van der Waals surface area (Å²) >= 11 is 12.1. The summed E-state index contributed by atoms with van der Waals surface area (Å²) in [7, 11) is 0. The summed E-state index contributed by atoms with van der Waals surface area (Å²) < 4.78 is 0. The van der Waals surface area contributed by atoms with E-state index >= 15 is 0 Å². The number of piperidine rings is 1. The van der Waals surface area contributed by atoms with Crippen LogP contribution in [0.3, 0.4) is 0 Å². The Morgan fingerprint density at radius 2 is 1.93 bits per heavy atom. The number of amides is 2. The Morgan fingerprint density at radius 1 is 1.25 bits per heavy atom. The van der Waals surface area contributed by atoms with Crippen LogP contribution in [0.25, 0.3) is 0 Å². The van der Waals surface area contributed by atoms with E-state index in [9.17, 15) is 9.59 Å². The van der Waals surface area contributed by atoms with Crippen molar-refractivity contribution < 1.29 is 9.59 Å². The number of aromatic amines is 1. The molecular weight excluding hydrogens is 401 g/mol. The van der Waals surface area contributed by atoms with Crippen molar-refractivity contribution in [1.29, 1.82) is 0 Å². The summed E-state index contributed by atoms with van der Waals surface area (Å²) in [6.07, 6.45) is 8.31. The van der Waals surface area contributed by atoms with Crippen LogP contribution in [0, 0.1) is 12.3 Å². The minimum absolute atomic E-state index is 0.0337. The van der Waals surface area contributed by atoms with E-state index < -0.39 is 5.91 Å².